The SMILES string of the molecule is C=C(C)CC(=O)C1(CC(C)C)CCCC1. The van der Waals surface area contributed by atoms with E-state index in [1.165, 1.54) is 12.8 Å². The number of carbonyl (C=O) groups is 1. The number of rotatable bonds is 5. The third kappa shape index (κ3) is 3.19. The lowest BCUT2D eigenvalue weighted by Crippen LogP contribution is -2.29. The molecule has 0 saturated heterocycles. The molecule has 0 aromatic carbocycles. The topological polar surface area (TPSA) is 17.1 Å². The first kappa shape index (κ1) is 12.5. The maximum atomic E-state index is 12.3. The number of ketones is 1. The molecule has 0 aromatic heterocycles. The van der Waals surface area contributed by atoms with E-state index in [0.29, 0.717) is 18.1 Å². The van der Waals surface area contributed by atoms with Gasteiger partial charge in [-0.3, -0.25) is 4.79 Å². The van der Waals surface area contributed by atoms with Gasteiger partial charge in [-0.25, -0.2) is 0 Å². The van der Waals surface area contributed by atoms with Crippen molar-refractivity contribution in [2.45, 2.75) is 59.3 Å². The van der Waals surface area contributed by atoms with Crippen molar-refractivity contribution in [1.82, 2.24) is 0 Å². The largest absolute Gasteiger partial charge is 0.299 e. The highest BCUT2D eigenvalue weighted by molar-refractivity contribution is 5.86. The molecule has 0 amide bonds. The summed E-state index contributed by atoms with van der Waals surface area (Å²) in [6.45, 7) is 10.2. The van der Waals surface area contributed by atoms with Crippen molar-refractivity contribution in [2.24, 2.45) is 11.3 Å². The van der Waals surface area contributed by atoms with Gasteiger partial charge >= 0.3 is 0 Å². The van der Waals surface area contributed by atoms with Crippen molar-refractivity contribution in [2.75, 3.05) is 0 Å². The standard InChI is InChI=1S/C14H24O/c1-11(2)9-13(15)14(10-12(3)4)7-5-6-8-14/h12H,1,5-10H2,2-4H3. The summed E-state index contributed by atoms with van der Waals surface area (Å²) in [6.07, 6.45) is 6.34. The average Bonchev–Trinajstić information content (AvgIpc) is 2.51. The Balaban J connectivity index is 2.72. The molecule has 0 unspecified atom stereocenters. The van der Waals surface area contributed by atoms with E-state index in [4.69, 9.17) is 0 Å². The highest BCUT2D eigenvalue weighted by Gasteiger charge is 2.40. The summed E-state index contributed by atoms with van der Waals surface area (Å²) in [5.41, 5.74) is 1.02. The van der Waals surface area contributed by atoms with Crippen LogP contribution in [0.2, 0.25) is 0 Å². The molecule has 1 saturated carbocycles. The summed E-state index contributed by atoms with van der Waals surface area (Å²) < 4.78 is 0. The average molecular weight is 208 g/mol. The van der Waals surface area contributed by atoms with Gasteiger partial charge in [-0.2, -0.15) is 0 Å². The van der Waals surface area contributed by atoms with Crippen LogP contribution in [0.15, 0.2) is 12.2 Å². The lowest BCUT2D eigenvalue weighted by molar-refractivity contribution is -0.128. The number of hydrogen-bond acceptors (Lipinski definition) is 1. The van der Waals surface area contributed by atoms with Crippen LogP contribution in [-0.2, 0) is 4.79 Å². The van der Waals surface area contributed by atoms with Crippen molar-refractivity contribution in [1.29, 1.82) is 0 Å². The van der Waals surface area contributed by atoms with E-state index in [1.54, 1.807) is 0 Å². The van der Waals surface area contributed by atoms with Crippen molar-refractivity contribution in [3.8, 4) is 0 Å². The second-order valence-electron chi connectivity index (χ2n) is 5.64. The van der Waals surface area contributed by atoms with Crippen LogP contribution in [0.5, 0.6) is 0 Å². The van der Waals surface area contributed by atoms with Gasteiger partial charge in [0.25, 0.3) is 0 Å². The monoisotopic (exact) mass is 208 g/mol. The van der Waals surface area contributed by atoms with Gasteiger partial charge in [0.15, 0.2) is 0 Å². The molecule has 1 heteroatoms. The van der Waals surface area contributed by atoms with Gasteiger partial charge in [-0.1, -0.05) is 38.8 Å². The quantitative estimate of drug-likeness (QED) is 0.621. The molecular formula is C14H24O. The van der Waals surface area contributed by atoms with E-state index in [0.717, 1.165) is 24.8 Å². The highest BCUT2D eigenvalue weighted by Crippen LogP contribution is 2.45. The molecular weight excluding hydrogens is 184 g/mol. The van der Waals surface area contributed by atoms with Crippen LogP contribution in [0.25, 0.3) is 0 Å². The minimum Gasteiger partial charge on any atom is -0.299 e. The smallest absolute Gasteiger partial charge is 0.143 e. The molecule has 0 radical (unpaired) electrons. The number of Topliss-reactive ketones (excluding diaryl/α,β-unsaturated/α-hetero) is 1. The summed E-state index contributed by atoms with van der Waals surface area (Å²) in [7, 11) is 0. The minimum atomic E-state index is 0.00706. The van der Waals surface area contributed by atoms with Crippen molar-refractivity contribution in [3.63, 3.8) is 0 Å². The molecule has 1 aliphatic carbocycles. The van der Waals surface area contributed by atoms with Crippen molar-refractivity contribution >= 4 is 5.78 Å². The second-order valence-corrected chi connectivity index (χ2v) is 5.64. The zero-order valence-corrected chi connectivity index (χ0v) is 10.4. The molecule has 0 N–H and O–H groups in total. The van der Waals surface area contributed by atoms with Gasteiger partial charge < -0.3 is 0 Å². The summed E-state index contributed by atoms with van der Waals surface area (Å²) in [6, 6.07) is 0. The van der Waals surface area contributed by atoms with E-state index >= 15 is 0 Å². The van der Waals surface area contributed by atoms with Crippen molar-refractivity contribution in [3.05, 3.63) is 12.2 Å². The molecule has 15 heavy (non-hydrogen) atoms. The zero-order valence-electron chi connectivity index (χ0n) is 10.4. The maximum Gasteiger partial charge on any atom is 0.143 e. The second kappa shape index (κ2) is 4.96. The predicted octanol–water partition coefficient (Wildman–Crippen LogP) is 4.13. The number of allylic oxidation sites excluding steroid dienone is 1. The maximum absolute atomic E-state index is 12.3. The van der Waals surface area contributed by atoms with Crippen LogP contribution >= 0.6 is 0 Å². The number of carbonyl (C=O) groups excluding carboxylic acids is 1. The molecule has 0 bridgehead atoms. The van der Waals surface area contributed by atoms with Gasteiger partial charge in [-0.05, 0) is 32.1 Å². The first-order chi connectivity index (χ1) is 6.96. The third-order valence-electron chi connectivity index (χ3n) is 3.41. The van der Waals surface area contributed by atoms with Gasteiger partial charge in [0.2, 0.25) is 0 Å². The molecule has 1 aliphatic rings. The lowest BCUT2D eigenvalue weighted by atomic mass is 9.73. The molecule has 1 fully saturated rings. The first-order valence-corrected chi connectivity index (χ1v) is 6.14. The van der Waals surface area contributed by atoms with Crippen LogP contribution in [0.1, 0.15) is 59.3 Å². The molecule has 86 valence electrons. The Labute approximate surface area is 93.9 Å². The Morgan fingerprint density at radius 3 is 2.27 bits per heavy atom. The zero-order chi connectivity index (χ0) is 11.5. The molecule has 0 atom stereocenters. The fraction of sp³-hybridized carbons (Fsp3) is 0.786. The summed E-state index contributed by atoms with van der Waals surface area (Å²) in [5.74, 6) is 1.07. The van der Waals surface area contributed by atoms with Gasteiger partial charge in [-0.15, -0.1) is 0 Å². The van der Waals surface area contributed by atoms with Gasteiger partial charge in [0.1, 0.15) is 5.78 Å². The molecule has 0 aromatic rings. The molecule has 0 aliphatic heterocycles. The van der Waals surface area contributed by atoms with E-state index in [-0.39, 0.29) is 5.41 Å². The summed E-state index contributed by atoms with van der Waals surface area (Å²) in [5, 5.41) is 0. The van der Waals surface area contributed by atoms with E-state index < -0.39 is 0 Å². The Kier molecular flexibility index (Phi) is 4.12. The Bertz CT molecular complexity index is 244. The Hall–Kier alpha value is -0.590. The van der Waals surface area contributed by atoms with E-state index in [2.05, 4.69) is 20.4 Å². The minimum absolute atomic E-state index is 0.00706. The summed E-state index contributed by atoms with van der Waals surface area (Å²) in [4.78, 5) is 12.3. The van der Waals surface area contributed by atoms with Gasteiger partial charge in [0, 0.05) is 11.8 Å². The van der Waals surface area contributed by atoms with E-state index in [1.807, 2.05) is 6.92 Å². The number of hydrogen-bond donors (Lipinski definition) is 0. The van der Waals surface area contributed by atoms with Crippen LogP contribution in [0.3, 0.4) is 0 Å². The Morgan fingerprint density at radius 2 is 1.87 bits per heavy atom. The molecule has 0 spiro atoms. The predicted molar refractivity (Wildman–Crippen MR) is 64.8 cm³/mol. The third-order valence-corrected chi connectivity index (χ3v) is 3.41. The molecule has 0 heterocycles. The Morgan fingerprint density at radius 1 is 1.33 bits per heavy atom. The van der Waals surface area contributed by atoms with Crippen LogP contribution in [0.4, 0.5) is 0 Å². The van der Waals surface area contributed by atoms with E-state index in [9.17, 15) is 4.79 Å². The fourth-order valence-electron chi connectivity index (χ4n) is 2.89. The fourth-order valence-corrected chi connectivity index (χ4v) is 2.89. The van der Waals surface area contributed by atoms with Crippen LogP contribution in [-0.4, -0.2) is 5.78 Å². The van der Waals surface area contributed by atoms with Gasteiger partial charge in [0.05, 0.1) is 0 Å². The molecule has 1 nitrogen and oxygen atoms in total. The summed E-state index contributed by atoms with van der Waals surface area (Å²) >= 11 is 0. The highest BCUT2D eigenvalue weighted by atomic mass is 16.1. The van der Waals surface area contributed by atoms with Crippen LogP contribution < -0.4 is 0 Å². The van der Waals surface area contributed by atoms with Crippen molar-refractivity contribution < 1.29 is 4.79 Å². The lowest BCUT2D eigenvalue weighted by Gasteiger charge is -2.29. The molecule has 1 rings (SSSR count). The first-order valence-electron chi connectivity index (χ1n) is 6.14. The normalized spacial score (nSPS) is 19.5. The van der Waals surface area contributed by atoms with Crippen LogP contribution in [0, 0.1) is 11.3 Å².